The Hall–Kier alpha value is -5.68. The quantitative estimate of drug-likeness (QED) is 0.0666. The van der Waals surface area contributed by atoms with Crippen LogP contribution in [0, 0.1) is 0 Å². The zero-order chi connectivity index (χ0) is 32.6. The van der Waals surface area contributed by atoms with Gasteiger partial charge in [0.2, 0.25) is 23.6 Å². The van der Waals surface area contributed by atoms with E-state index in [9.17, 15) is 19.2 Å². The average molecular weight is 625 g/mol. The number of ether oxygens (including phenoxy) is 2. The lowest BCUT2D eigenvalue weighted by atomic mass is 10.1. The van der Waals surface area contributed by atoms with Gasteiger partial charge in [0.25, 0.3) is 0 Å². The lowest BCUT2D eigenvalue weighted by Gasteiger charge is -2.22. The summed E-state index contributed by atoms with van der Waals surface area (Å²) in [6.07, 6.45) is 1.62. The number of hydroxylamine groups is 1. The maximum absolute atomic E-state index is 13.3. The zero-order valence-electron chi connectivity index (χ0n) is 25.2. The molecule has 0 saturated carbocycles. The minimum Gasteiger partial charge on any atom is -0.455 e. The van der Waals surface area contributed by atoms with E-state index in [1.54, 1.807) is 78.3 Å². The van der Waals surface area contributed by atoms with Crippen LogP contribution in [-0.2, 0) is 19.2 Å². The predicted octanol–water partition coefficient (Wildman–Crippen LogP) is 6.13. The van der Waals surface area contributed by atoms with Crippen LogP contribution in [-0.4, -0.2) is 46.8 Å². The van der Waals surface area contributed by atoms with Crippen LogP contribution in [0.2, 0.25) is 0 Å². The van der Waals surface area contributed by atoms with Crippen molar-refractivity contribution >= 4 is 35.0 Å². The van der Waals surface area contributed by atoms with Gasteiger partial charge in [0.15, 0.2) is 11.5 Å². The van der Waals surface area contributed by atoms with E-state index < -0.39 is 23.6 Å². The molecule has 0 spiro atoms. The first kappa shape index (κ1) is 33.2. The molecule has 0 aliphatic heterocycles. The number of carbonyl (C=O) groups excluding carboxylic acids is 4. The molecule has 4 N–H and O–H groups in total. The molecule has 11 heteroatoms. The Morgan fingerprint density at radius 2 is 0.978 bits per heavy atom. The monoisotopic (exact) mass is 624 g/mol. The second-order valence-electron chi connectivity index (χ2n) is 10.3. The van der Waals surface area contributed by atoms with Crippen LogP contribution in [0.1, 0.15) is 32.1 Å². The summed E-state index contributed by atoms with van der Waals surface area (Å²) in [6.45, 7) is -0.776. The van der Waals surface area contributed by atoms with E-state index in [1.807, 2.05) is 36.4 Å². The van der Waals surface area contributed by atoms with Gasteiger partial charge in [-0.1, -0.05) is 67.1 Å². The van der Waals surface area contributed by atoms with E-state index in [-0.39, 0.29) is 25.9 Å². The number of rotatable bonds is 16. The van der Waals surface area contributed by atoms with Gasteiger partial charge in [-0.3, -0.25) is 24.4 Å². The van der Waals surface area contributed by atoms with Gasteiger partial charge in [-0.05, 0) is 61.4 Å². The van der Waals surface area contributed by atoms with Crippen LogP contribution in [0.3, 0.4) is 0 Å². The number of unbranched alkanes of at least 4 members (excludes halogenated alkanes) is 2. The van der Waals surface area contributed by atoms with Crippen LogP contribution >= 0.6 is 0 Å². The fraction of sp³-hybridized carbons (Fsp3) is 0.200. The summed E-state index contributed by atoms with van der Waals surface area (Å²) in [5.41, 5.74) is 2.39. The molecule has 4 aromatic rings. The molecular formula is C35H36N4O7. The van der Waals surface area contributed by atoms with Crippen molar-refractivity contribution in [2.24, 2.45) is 0 Å². The molecule has 0 fully saturated rings. The van der Waals surface area contributed by atoms with Crippen molar-refractivity contribution < 1.29 is 33.9 Å². The Morgan fingerprint density at radius 1 is 0.543 bits per heavy atom. The maximum atomic E-state index is 13.3. The molecule has 46 heavy (non-hydrogen) atoms. The lowest BCUT2D eigenvalue weighted by Crippen LogP contribution is -2.42. The number of nitrogens with zero attached hydrogens (tertiary/aromatic N) is 1. The smallest absolute Gasteiger partial charge is 0.244 e. The fourth-order valence-corrected chi connectivity index (χ4v) is 4.46. The molecule has 4 rings (SSSR count). The Balaban J connectivity index is 1.43. The lowest BCUT2D eigenvalue weighted by molar-refractivity contribution is -0.137. The number of amides is 4. The van der Waals surface area contributed by atoms with Gasteiger partial charge in [-0.25, -0.2) is 5.48 Å². The van der Waals surface area contributed by atoms with E-state index in [2.05, 4.69) is 10.6 Å². The number of nitrogens with one attached hydrogen (secondary N) is 3. The van der Waals surface area contributed by atoms with E-state index in [0.29, 0.717) is 53.6 Å². The molecule has 238 valence electrons. The van der Waals surface area contributed by atoms with Crippen molar-refractivity contribution in [2.45, 2.75) is 32.1 Å². The highest BCUT2D eigenvalue weighted by Crippen LogP contribution is 2.30. The summed E-state index contributed by atoms with van der Waals surface area (Å²) < 4.78 is 11.9. The summed E-state index contributed by atoms with van der Waals surface area (Å²) in [5.74, 6) is 0.0693. The first-order chi connectivity index (χ1) is 22.4. The highest BCUT2D eigenvalue weighted by Gasteiger charge is 2.22. The van der Waals surface area contributed by atoms with E-state index in [1.165, 1.54) is 4.90 Å². The molecule has 0 radical (unpaired) electrons. The van der Waals surface area contributed by atoms with Crippen LogP contribution in [0.5, 0.6) is 23.0 Å². The van der Waals surface area contributed by atoms with Gasteiger partial charge in [-0.15, -0.1) is 0 Å². The minimum absolute atomic E-state index is 0.0582. The van der Waals surface area contributed by atoms with E-state index in [4.69, 9.17) is 14.7 Å². The van der Waals surface area contributed by atoms with Gasteiger partial charge >= 0.3 is 0 Å². The molecule has 0 atom stereocenters. The number of hydrogen-bond donors (Lipinski definition) is 4. The van der Waals surface area contributed by atoms with Crippen molar-refractivity contribution in [3.8, 4) is 23.0 Å². The third-order valence-electron chi connectivity index (χ3n) is 6.71. The first-order valence-electron chi connectivity index (χ1n) is 14.9. The molecule has 0 bridgehead atoms. The normalized spacial score (nSPS) is 10.4. The van der Waals surface area contributed by atoms with Crippen LogP contribution in [0.25, 0.3) is 0 Å². The Bertz CT molecular complexity index is 1500. The second-order valence-corrected chi connectivity index (χ2v) is 10.3. The van der Waals surface area contributed by atoms with Gasteiger partial charge in [-0.2, -0.15) is 0 Å². The van der Waals surface area contributed by atoms with Crippen LogP contribution in [0.15, 0.2) is 109 Å². The topological polar surface area (TPSA) is 146 Å². The highest BCUT2D eigenvalue weighted by atomic mass is 16.5. The molecule has 4 aromatic carbocycles. The molecule has 0 saturated heterocycles. The van der Waals surface area contributed by atoms with Gasteiger partial charge in [0.1, 0.15) is 24.6 Å². The standard InChI is InChI=1S/C35H36N4O7/c40-32(38-44)22-8-3-9-23-35(43)39(24-33(41)36-28-18-10-12-20-30(28)45-26-14-4-1-5-15-26)25-34(42)37-29-19-11-13-21-31(29)46-27-16-6-2-7-17-27/h1-2,4-7,10-21,44H,3,8-9,22-25H2,(H,36,41)(H,37,42)(H,38,40). The summed E-state index contributed by atoms with van der Waals surface area (Å²) in [6, 6.07) is 32.0. The highest BCUT2D eigenvalue weighted by molar-refractivity contribution is 5.99. The Labute approximate surface area is 267 Å². The van der Waals surface area contributed by atoms with Crippen LogP contribution < -0.4 is 25.6 Å². The molecule has 0 heterocycles. The summed E-state index contributed by atoms with van der Waals surface area (Å²) >= 11 is 0. The zero-order valence-corrected chi connectivity index (χ0v) is 25.2. The molecular weight excluding hydrogens is 588 g/mol. The molecule has 0 aliphatic rings. The van der Waals surface area contributed by atoms with Crippen molar-refractivity contribution in [1.29, 1.82) is 0 Å². The minimum atomic E-state index is -0.516. The van der Waals surface area contributed by atoms with Gasteiger partial charge < -0.3 is 25.0 Å². The number of para-hydroxylation sites is 6. The van der Waals surface area contributed by atoms with E-state index >= 15 is 0 Å². The third kappa shape index (κ3) is 10.8. The Kier molecular flexibility index (Phi) is 12.7. The van der Waals surface area contributed by atoms with Crippen LogP contribution in [0.4, 0.5) is 11.4 Å². The Morgan fingerprint density at radius 3 is 1.46 bits per heavy atom. The molecule has 0 aliphatic carbocycles. The molecule has 4 amide bonds. The van der Waals surface area contributed by atoms with E-state index in [0.717, 1.165) is 0 Å². The number of anilines is 2. The SMILES string of the molecule is O=C(CCCCCC(=O)N(CC(=O)Nc1ccccc1Oc1ccccc1)CC(=O)Nc1ccccc1Oc1ccccc1)NO. The number of hydrogen-bond acceptors (Lipinski definition) is 7. The van der Waals surface area contributed by atoms with Crippen molar-refractivity contribution in [3.05, 3.63) is 109 Å². The maximum Gasteiger partial charge on any atom is 0.244 e. The molecule has 11 nitrogen and oxygen atoms in total. The van der Waals surface area contributed by atoms with Crippen molar-refractivity contribution in [3.63, 3.8) is 0 Å². The van der Waals surface area contributed by atoms with Crippen molar-refractivity contribution in [2.75, 3.05) is 23.7 Å². The third-order valence-corrected chi connectivity index (χ3v) is 6.71. The molecule has 0 unspecified atom stereocenters. The average Bonchev–Trinajstić information content (AvgIpc) is 3.07. The first-order valence-corrected chi connectivity index (χ1v) is 14.9. The summed E-state index contributed by atoms with van der Waals surface area (Å²) in [4.78, 5) is 52.2. The number of benzene rings is 4. The van der Waals surface area contributed by atoms with Crippen molar-refractivity contribution in [1.82, 2.24) is 10.4 Å². The number of carbonyl (C=O) groups is 4. The molecule has 0 aromatic heterocycles. The van der Waals surface area contributed by atoms with Gasteiger partial charge in [0, 0.05) is 12.8 Å². The second kappa shape index (κ2) is 17.6. The van der Waals surface area contributed by atoms with Gasteiger partial charge in [0.05, 0.1) is 11.4 Å². The summed E-state index contributed by atoms with van der Waals surface area (Å²) in [7, 11) is 0. The largest absolute Gasteiger partial charge is 0.455 e. The summed E-state index contributed by atoms with van der Waals surface area (Å²) in [5, 5.41) is 14.2. The fourth-order valence-electron chi connectivity index (χ4n) is 4.46. The predicted molar refractivity (Wildman–Crippen MR) is 173 cm³/mol.